The summed E-state index contributed by atoms with van der Waals surface area (Å²) < 4.78 is 52.6. The molecule has 0 saturated carbocycles. The molecule has 0 aliphatic carbocycles. The van der Waals surface area contributed by atoms with Crippen LogP contribution in [0, 0.1) is 11.6 Å². The minimum Gasteiger partial charge on any atom is -0.372 e. The maximum atomic E-state index is 13.2. The van der Waals surface area contributed by atoms with E-state index in [4.69, 9.17) is 0 Å². The van der Waals surface area contributed by atoms with Gasteiger partial charge in [-0.1, -0.05) is 18.2 Å². The number of nitrogens with one attached hydrogen (secondary N) is 1. The predicted octanol–water partition coefficient (Wildman–Crippen LogP) is 3.16. The molecule has 0 saturated heterocycles. The molecular weight excluding hydrogens is 334 g/mol. The smallest absolute Gasteiger partial charge is 0.240 e. The summed E-state index contributed by atoms with van der Waals surface area (Å²) in [5.74, 6) is -2.26. The molecule has 0 bridgehead atoms. The van der Waals surface area contributed by atoms with Crippen LogP contribution in [0.4, 0.5) is 14.5 Å². The van der Waals surface area contributed by atoms with Gasteiger partial charge in [-0.25, -0.2) is 21.9 Å². The summed E-state index contributed by atoms with van der Waals surface area (Å²) in [6.45, 7) is 3.73. The van der Waals surface area contributed by atoms with E-state index >= 15 is 0 Å². The van der Waals surface area contributed by atoms with Crippen LogP contribution < -0.4 is 9.62 Å². The largest absolute Gasteiger partial charge is 0.372 e. The summed E-state index contributed by atoms with van der Waals surface area (Å²) in [6.07, 6.45) is 0.589. The average molecular weight is 354 g/mol. The third-order valence-corrected chi connectivity index (χ3v) is 5.06. The van der Waals surface area contributed by atoms with Crippen molar-refractivity contribution in [3.63, 3.8) is 0 Å². The lowest BCUT2D eigenvalue weighted by molar-refractivity contribution is 0.504. The van der Waals surface area contributed by atoms with E-state index < -0.39 is 21.7 Å². The molecule has 2 aromatic rings. The van der Waals surface area contributed by atoms with Crippen LogP contribution in [0.1, 0.15) is 13.3 Å². The molecular formula is C17H20F2N2O2S. The molecule has 0 spiro atoms. The van der Waals surface area contributed by atoms with Crippen LogP contribution in [0.15, 0.2) is 53.4 Å². The second kappa shape index (κ2) is 8.21. The molecule has 7 heteroatoms. The summed E-state index contributed by atoms with van der Waals surface area (Å²) in [4.78, 5) is 1.85. The molecule has 0 unspecified atom stereocenters. The molecule has 2 rings (SSSR count). The first-order valence-electron chi connectivity index (χ1n) is 7.68. The second-order valence-electron chi connectivity index (χ2n) is 5.24. The number of rotatable bonds is 8. The van der Waals surface area contributed by atoms with Crippen molar-refractivity contribution in [1.82, 2.24) is 4.72 Å². The zero-order valence-electron chi connectivity index (χ0n) is 13.4. The van der Waals surface area contributed by atoms with Crippen molar-refractivity contribution in [1.29, 1.82) is 0 Å². The Labute approximate surface area is 141 Å². The van der Waals surface area contributed by atoms with Gasteiger partial charge in [0.2, 0.25) is 10.0 Å². The molecule has 0 atom stereocenters. The number of hydrogen-bond donors (Lipinski definition) is 1. The maximum absolute atomic E-state index is 13.2. The number of halogens is 2. The van der Waals surface area contributed by atoms with Gasteiger partial charge in [0.05, 0.1) is 4.90 Å². The first kappa shape index (κ1) is 18.4. The molecule has 4 nitrogen and oxygen atoms in total. The van der Waals surface area contributed by atoms with Gasteiger partial charge in [0.25, 0.3) is 0 Å². The van der Waals surface area contributed by atoms with E-state index in [1.54, 1.807) is 0 Å². The van der Waals surface area contributed by atoms with Crippen LogP contribution in [0.2, 0.25) is 0 Å². The van der Waals surface area contributed by atoms with Gasteiger partial charge in [-0.15, -0.1) is 0 Å². The van der Waals surface area contributed by atoms with Gasteiger partial charge in [0.15, 0.2) is 11.6 Å². The first-order chi connectivity index (χ1) is 11.4. The van der Waals surface area contributed by atoms with Crippen LogP contribution in [0.5, 0.6) is 0 Å². The predicted molar refractivity (Wildman–Crippen MR) is 90.5 cm³/mol. The van der Waals surface area contributed by atoms with Crippen molar-refractivity contribution in [3.8, 4) is 0 Å². The van der Waals surface area contributed by atoms with Crippen molar-refractivity contribution in [2.45, 2.75) is 18.2 Å². The molecule has 0 heterocycles. The van der Waals surface area contributed by atoms with Gasteiger partial charge < -0.3 is 4.90 Å². The lowest BCUT2D eigenvalue weighted by atomic mass is 10.2. The Bertz CT molecular complexity index is 767. The normalized spacial score (nSPS) is 11.5. The van der Waals surface area contributed by atoms with E-state index in [0.717, 1.165) is 24.4 Å². The van der Waals surface area contributed by atoms with Crippen molar-refractivity contribution < 1.29 is 17.2 Å². The maximum Gasteiger partial charge on any atom is 0.240 e. The average Bonchev–Trinajstić information content (AvgIpc) is 2.58. The second-order valence-corrected chi connectivity index (χ2v) is 7.01. The SMILES string of the molecule is CCN(CCCNS(=O)(=O)c1ccc(F)c(F)c1)c1ccccc1. The molecule has 0 aliphatic heterocycles. The molecule has 0 aliphatic rings. The molecule has 0 radical (unpaired) electrons. The third kappa shape index (κ3) is 4.75. The number of nitrogens with zero attached hydrogens (tertiary/aromatic N) is 1. The topological polar surface area (TPSA) is 49.4 Å². The lowest BCUT2D eigenvalue weighted by Crippen LogP contribution is -2.30. The van der Waals surface area contributed by atoms with Gasteiger partial charge >= 0.3 is 0 Å². The first-order valence-corrected chi connectivity index (χ1v) is 9.17. The van der Waals surface area contributed by atoms with E-state index in [-0.39, 0.29) is 11.4 Å². The summed E-state index contributed by atoms with van der Waals surface area (Å²) in [5.41, 5.74) is 1.07. The fourth-order valence-electron chi connectivity index (χ4n) is 2.31. The molecule has 1 N–H and O–H groups in total. The van der Waals surface area contributed by atoms with Gasteiger partial charge in [0.1, 0.15) is 0 Å². The third-order valence-electron chi connectivity index (χ3n) is 3.60. The highest BCUT2D eigenvalue weighted by Crippen LogP contribution is 2.14. The summed E-state index contributed by atoms with van der Waals surface area (Å²) >= 11 is 0. The minimum absolute atomic E-state index is 0.213. The van der Waals surface area contributed by atoms with E-state index in [9.17, 15) is 17.2 Å². The lowest BCUT2D eigenvalue weighted by Gasteiger charge is -2.23. The zero-order valence-corrected chi connectivity index (χ0v) is 14.2. The van der Waals surface area contributed by atoms with E-state index in [1.165, 1.54) is 0 Å². The Morgan fingerprint density at radius 1 is 1.04 bits per heavy atom. The highest BCUT2D eigenvalue weighted by Gasteiger charge is 2.16. The molecule has 130 valence electrons. The molecule has 0 fully saturated rings. The molecule has 0 amide bonds. The molecule has 0 aromatic heterocycles. The molecule has 2 aromatic carbocycles. The van der Waals surface area contributed by atoms with Crippen LogP contribution in [0.3, 0.4) is 0 Å². The quantitative estimate of drug-likeness (QED) is 0.741. The van der Waals surface area contributed by atoms with E-state index in [2.05, 4.69) is 9.62 Å². The van der Waals surface area contributed by atoms with Gasteiger partial charge in [-0.3, -0.25) is 0 Å². The Hall–Kier alpha value is -1.99. The Balaban J connectivity index is 1.89. The number of benzene rings is 2. The number of para-hydroxylation sites is 1. The summed E-state index contributed by atoms with van der Waals surface area (Å²) in [5, 5.41) is 0. The van der Waals surface area contributed by atoms with Crippen molar-refractivity contribution in [3.05, 3.63) is 60.2 Å². The highest BCUT2D eigenvalue weighted by atomic mass is 32.2. The Morgan fingerprint density at radius 2 is 1.75 bits per heavy atom. The van der Waals surface area contributed by atoms with Crippen LogP contribution in [0.25, 0.3) is 0 Å². The number of hydrogen-bond acceptors (Lipinski definition) is 3. The Morgan fingerprint density at radius 3 is 2.38 bits per heavy atom. The van der Waals surface area contributed by atoms with Gasteiger partial charge in [-0.2, -0.15) is 0 Å². The van der Waals surface area contributed by atoms with Crippen LogP contribution in [-0.4, -0.2) is 28.1 Å². The Kier molecular flexibility index (Phi) is 6.28. The fraction of sp³-hybridized carbons (Fsp3) is 0.294. The van der Waals surface area contributed by atoms with Crippen LogP contribution in [-0.2, 0) is 10.0 Å². The van der Waals surface area contributed by atoms with Crippen molar-refractivity contribution >= 4 is 15.7 Å². The van der Waals surface area contributed by atoms with E-state index in [1.807, 2.05) is 37.3 Å². The summed E-state index contributed by atoms with van der Waals surface area (Å²) in [6, 6.07) is 12.4. The standard InChI is InChI=1S/C17H20F2N2O2S/c1-2-21(14-7-4-3-5-8-14)12-6-11-20-24(22,23)15-9-10-16(18)17(19)13-15/h3-5,7-10,13,20H,2,6,11-12H2,1H3. The number of sulfonamides is 1. The van der Waals surface area contributed by atoms with Gasteiger partial charge in [-0.05, 0) is 43.7 Å². The van der Waals surface area contributed by atoms with Crippen molar-refractivity contribution in [2.24, 2.45) is 0 Å². The summed E-state index contributed by atoms with van der Waals surface area (Å²) in [7, 11) is -3.84. The van der Waals surface area contributed by atoms with Crippen molar-refractivity contribution in [2.75, 3.05) is 24.5 Å². The zero-order chi connectivity index (χ0) is 17.6. The molecule has 24 heavy (non-hydrogen) atoms. The fourth-order valence-corrected chi connectivity index (χ4v) is 3.40. The monoisotopic (exact) mass is 354 g/mol. The number of anilines is 1. The van der Waals surface area contributed by atoms with E-state index in [0.29, 0.717) is 19.0 Å². The van der Waals surface area contributed by atoms with Crippen LogP contribution >= 0.6 is 0 Å². The van der Waals surface area contributed by atoms with Gasteiger partial charge in [0, 0.05) is 25.3 Å². The minimum atomic E-state index is -3.84. The highest BCUT2D eigenvalue weighted by molar-refractivity contribution is 7.89.